The van der Waals surface area contributed by atoms with E-state index in [1.807, 2.05) is 13.0 Å². The van der Waals surface area contributed by atoms with Crippen LogP contribution < -0.4 is 4.74 Å². The predicted molar refractivity (Wildman–Crippen MR) is 59.6 cm³/mol. The molecule has 0 spiro atoms. The lowest BCUT2D eigenvalue weighted by molar-refractivity contribution is -0.105. The van der Waals surface area contributed by atoms with E-state index in [2.05, 4.69) is 6.07 Å². The van der Waals surface area contributed by atoms with Crippen LogP contribution in [-0.4, -0.2) is 19.2 Å². The molecular weight excluding hydrogens is 204 g/mol. The van der Waals surface area contributed by atoms with E-state index in [0.717, 1.165) is 43.5 Å². The number of benzene rings is 1. The molecular formula is C13H15O3. The Bertz CT molecular complexity index is 367. The van der Waals surface area contributed by atoms with E-state index in [1.54, 1.807) is 6.07 Å². The van der Waals surface area contributed by atoms with Crippen LogP contribution in [0.2, 0.25) is 0 Å². The molecule has 1 unspecified atom stereocenters. The highest BCUT2D eigenvalue weighted by Crippen LogP contribution is 2.21. The third-order valence-electron chi connectivity index (χ3n) is 2.68. The minimum absolute atomic E-state index is 0.149. The summed E-state index contributed by atoms with van der Waals surface area (Å²) < 4.78 is 11.1. The maximum Gasteiger partial charge on any atom is 0.199 e. The zero-order valence-electron chi connectivity index (χ0n) is 9.36. The minimum Gasteiger partial charge on any atom is -0.465 e. The van der Waals surface area contributed by atoms with Gasteiger partial charge in [0.2, 0.25) is 0 Å². The van der Waals surface area contributed by atoms with Crippen LogP contribution in [0.5, 0.6) is 5.75 Å². The molecule has 1 aromatic carbocycles. The molecule has 2 rings (SSSR count). The second kappa shape index (κ2) is 5.12. The van der Waals surface area contributed by atoms with Crippen LogP contribution in [0.4, 0.5) is 0 Å². The third kappa shape index (κ3) is 2.61. The molecule has 3 heteroatoms. The molecule has 0 N–H and O–H groups in total. The van der Waals surface area contributed by atoms with Gasteiger partial charge >= 0.3 is 0 Å². The van der Waals surface area contributed by atoms with Gasteiger partial charge in [0.1, 0.15) is 5.75 Å². The second-order valence-corrected chi connectivity index (χ2v) is 3.96. The van der Waals surface area contributed by atoms with Crippen molar-refractivity contribution < 1.29 is 14.3 Å². The van der Waals surface area contributed by atoms with E-state index >= 15 is 0 Å². The molecule has 0 aliphatic carbocycles. The van der Waals surface area contributed by atoms with E-state index in [4.69, 9.17) is 9.47 Å². The van der Waals surface area contributed by atoms with Gasteiger partial charge in [-0.2, -0.15) is 0 Å². The monoisotopic (exact) mass is 219 g/mol. The number of hydrogen-bond acceptors (Lipinski definition) is 3. The largest absolute Gasteiger partial charge is 0.465 e. The van der Waals surface area contributed by atoms with E-state index < -0.39 is 0 Å². The van der Waals surface area contributed by atoms with Crippen molar-refractivity contribution in [2.24, 2.45) is 0 Å². The SMILES string of the molecule is Cc1cc(OC2CCCCO2)c[c]c1C=O. The summed E-state index contributed by atoms with van der Waals surface area (Å²) in [5, 5.41) is 0. The molecule has 3 nitrogen and oxygen atoms in total. The molecule has 1 fully saturated rings. The first-order valence-corrected chi connectivity index (χ1v) is 5.55. The Morgan fingerprint density at radius 3 is 3.06 bits per heavy atom. The molecule has 1 aromatic rings. The van der Waals surface area contributed by atoms with Gasteiger partial charge in [-0.15, -0.1) is 0 Å². The molecule has 1 aliphatic heterocycles. The molecule has 1 heterocycles. The molecule has 1 radical (unpaired) electrons. The van der Waals surface area contributed by atoms with Crippen molar-refractivity contribution in [1.29, 1.82) is 0 Å². The Kier molecular flexibility index (Phi) is 3.57. The van der Waals surface area contributed by atoms with Gasteiger partial charge < -0.3 is 9.47 Å². The van der Waals surface area contributed by atoms with Gasteiger partial charge in [-0.3, -0.25) is 4.79 Å². The lowest BCUT2D eigenvalue weighted by atomic mass is 10.1. The molecule has 16 heavy (non-hydrogen) atoms. The number of carbonyl (C=O) groups excluding carboxylic acids is 1. The Hall–Kier alpha value is -1.35. The Morgan fingerprint density at radius 1 is 1.56 bits per heavy atom. The van der Waals surface area contributed by atoms with E-state index in [9.17, 15) is 4.79 Å². The zero-order valence-corrected chi connectivity index (χ0v) is 9.36. The highest BCUT2D eigenvalue weighted by atomic mass is 16.7. The topological polar surface area (TPSA) is 35.5 Å². The van der Waals surface area contributed by atoms with Crippen molar-refractivity contribution in [3.8, 4) is 5.75 Å². The maximum atomic E-state index is 10.6. The fourth-order valence-electron chi connectivity index (χ4n) is 1.75. The summed E-state index contributed by atoms with van der Waals surface area (Å²) in [6.07, 6.45) is 3.82. The van der Waals surface area contributed by atoms with Crippen LogP contribution in [-0.2, 0) is 4.74 Å². The van der Waals surface area contributed by atoms with Crippen LogP contribution in [0.1, 0.15) is 35.2 Å². The average molecular weight is 219 g/mol. The molecule has 0 bridgehead atoms. The van der Waals surface area contributed by atoms with Gasteiger partial charge in [0.25, 0.3) is 0 Å². The average Bonchev–Trinajstić information content (AvgIpc) is 2.31. The standard InChI is InChI=1S/C13H15O3/c1-10-8-12(6-5-11(10)9-14)16-13-4-2-3-7-15-13/h6,8-9,13H,2-4,7H2,1H3. The van der Waals surface area contributed by atoms with Gasteiger partial charge in [-0.05, 0) is 43.5 Å². The summed E-state index contributed by atoms with van der Waals surface area (Å²) in [6, 6.07) is 6.43. The van der Waals surface area contributed by atoms with Gasteiger partial charge in [0, 0.05) is 12.0 Å². The lowest BCUT2D eigenvalue weighted by Crippen LogP contribution is -2.25. The second-order valence-electron chi connectivity index (χ2n) is 3.96. The number of ether oxygens (including phenoxy) is 2. The molecule has 0 amide bonds. The summed E-state index contributed by atoms with van der Waals surface area (Å²) in [4.78, 5) is 10.6. The summed E-state index contributed by atoms with van der Waals surface area (Å²) in [7, 11) is 0. The summed E-state index contributed by atoms with van der Waals surface area (Å²) >= 11 is 0. The van der Waals surface area contributed by atoms with Gasteiger partial charge in [-0.25, -0.2) is 0 Å². The first-order valence-electron chi connectivity index (χ1n) is 5.55. The molecule has 1 atom stereocenters. The third-order valence-corrected chi connectivity index (χ3v) is 2.68. The zero-order chi connectivity index (χ0) is 11.4. The van der Waals surface area contributed by atoms with Crippen LogP contribution in [0.15, 0.2) is 12.1 Å². The van der Waals surface area contributed by atoms with Crippen LogP contribution in [0.3, 0.4) is 0 Å². The summed E-state index contributed by atoms with van der Waals surface area (Å²) in [5.41, 5.74) is 1.46. The predicted octanol–water partition coefficient (Wildman–Crippen LogP) is 2.51. The normalized spacial score (nSPS) is 20.4. The maximum absolute atomic E-state index is 10.6. The smallest absolute Gasteiger partial charge is 0.199 e. The molecule has 85 valence electrons. The van der Waals surface area contributed by atoms with Crippen molar-refractivity contribution in [3.63, 3.8) is 0 Å². The number of hydrogen-bond donors (Lipinski definition) is 0. The Balaban J connectivity index is 2.03. The molecule has 1 aliphatic rings. The van der Waals surface area contributed by atoms with Crippen molar-refractivity contribution in [1.82, 2.24) is 0 Å². The van der Waals surface area contributed by atoms with E-state index in [-0.39, 0.29) is 6.29 Å². The van der Waals surface area contributed by atoms with Gasteiger partial charge in [0.05, 0.1) is 6.61 Å². The number of aryl methyl sites for hydroxylation is 1. The minimum atomic E-state index is -0.149. The van der Waals surface area contributed by atoms with Crippen LogP contribution in [0.25, 0.3) is 0 Å². The fourth-order valence-corrected chi connectivity index (χ4v) is 1.75. The molecule has 0 aromatic heterocycles. The molecule has 1 saturated heterocycles. The number of aldehydes is 1. The lowest BCUT2D eigenvalue weighted by Gasteiger charge is -2.23. The van der Waals surface area contributed by atoms with Crippen molar-refractivity contribution in [2.75, 3.05) is 6.61 Å². The van der Waals surface area contributed by atoms with E-state index in [0.29, 0.717) is 5.56 Å². The van der Waals surface area contributed by atoms with Crippen LogP contribution >= 0.6 is 0 Å². The Labute approximate surface area is 95.4 Å². The first-order chi connectivity index (χ1) is 7.79. The summed E-state index contributed by atoms with van der Waals surface area (Å²) in [5.74, 6) is 0.718. The van der Waals surface area contributed by atoms with Gasteiger partial charge in [-0.1, -0.05) is 0 Å². The van der Waals surface area contributed by atoms with Crippen molar-refractivity contribution >= 4 is 6.29 Å². The number of rotatable bonds is 3. The van der Waals surface area contributed by atoms with Crippen molar-refractivity contribution in [3.05, 3.63) is 29.3 Å². The first kappa shape index (κ1) is 11.1. The fraction of sp³-hybridized carbons (Fsp3) is 0.462. The highest BCUT2D eigenvalue weighted by Gasteiger charge is 2.15. The summed E-state index contributed by atoms with van der Waals surface area (Å²) in [6.45, 7) is 2.63. The molecule has 0 saturated carbocycles. The van der Waals surface area contributed by atoms with E-state index in [1.165, 1.54) is 0 Å². The van der Waals surface area contributed by atoms with Crippen LogP contribution in [0, 0.1) is 13.0 Å². The highest BCUT2D eigenvalue weighted by molar-refractivity contribution is 5.76. The Morgan fingerprint density at radius 2 is 2.44 bits per heavy atom. The number of carbonyl (C=O) groups is 1. The van der Waals surface area contributed by atoms with Crippen molar-refractivity contribution in [2.45, 2.75) is 32.5 Å². The quantitative estimate of drug-likeness (QED) is 0.733. The van der Waals surface area contributed by atoms with Gasteiger partial charge in [0.15, 0.2) is 12.6 Å².